The van der Waals surface area contributed by atoms with E-state index < -0.39 is 11.5 Å². The van der Waals surface area contributed by atoms with Gasteiger partial charge in [0.15, 0.2) is 0 Å². The summed E-state index contributed by atoms with van der Waals surface area (Å²) in [5.74, 6) is 5.08. The highest BCUT2D eigenvalue weighted by atomic mass is 19.1. The van der Waals surface area contributed by atoms with E-state index in [0.717, 1.165) is 5.57 Å². The van der Waals surface area contributed by atoms with E-state index in [1.807, 2.05) is 6.92 Å². The van der Waals surface area contributed by atoms with Gasteiger partial charge in [-0.25, -0.2) is 4.39 Å². The summed E-state index contributed by atoms with van der Waals surface area (Å²) >= 11 is 0. The topological polar surface area (TPSA) is 69.0 Å². The molecular weight excluding hydrogens is 329 g/mol. The van der Waals surface area contributed by atoms with E-state index in [1.54, 1.807) is 51.4 Å². The zero-order chi connectivity index (χ0) is 19.3. The minimum Gasteiger partial charge on any atom is -0.384 e. The quantitative estimate of drug-likeness (QED) is 0.536. The Morgan fingerprint density at radius 2 is 2.15 bits per heavy atom. The maximum atomic E-state index is 13.5. The van der Waals surface area contributed by atoms with Crippen LogP contribution in [0.2, 0.25) is 0 Å². The molecule has 0 saturated heterocycles. The first-order valence-electron chi connectivity index (χ1n) is 8.44. The normalized spacial score (nSPS) is 17.5. The molecule has 0 radical (unpaired) electrons. The fourth-order valence-electron chi connectivity index (χ4n) is 2.26. The molecule has 26 heavy (non-hydrogen) atoms. The molecule has 1 atom stereocenters. The van der Waals surface area contributed by atoms with E-state index in [-0.39, 0.29) is 5.83 Å². The first kappa shape index (κ1) is 19.6. The van der Waals surface area contributed by atoms with E-state index in [0.29, 0.717) is 29.1 Å². The second-order valence-corrected chi connectivity index (χ2v) is 6.90. The van der Waals surface area contributed by atoms with Crippen LogP contribution in [0.4, 0.5) is 4.39 Å². The molecule has 4 nitrogen and oxygen atoms in total. The SMILES string of the molecule is C/C(=C/NC1=CC=C(F)C(C)C#C1)CC(=N)c1ccc(C(C)(C)O)nc1. The second-order valence-electron chi connectivity index (χ2n) is 6.90. The first-order chi connectivity index (χ1) is 12.2. The Labute approximate surface area is 154 Å². The summed E-state index contributed by atoms with van der Waals surface area (Å²) in [6.07, 6.45) is 6.83. The van der Waals surface area contributed by atoms with Crippen LogP contribution in [-0.4, -0.2) is 15.8 Å². The van der Waals surface area contributed by atoms with Gasteiger partial charge in [-0.2, -0.15) is 0 Å². The Hall–Kier alpha value is -2.71. The van der Waals surface area contributed by atoms with Gasteiger partial charge in [0.05, 0.1) is 17.3 Å². The van der Waals surface area contributed by atoms with Crippen LogP contribution in [-0.2, 0) is 5.60 Å². The Kier molecular flexibility index (Phi) is 6.12. The fourth-order valence-corrected chi connectivity index (χ4v) is 2.26. The van der Waals surface area contributed by atoms with Crippen molar-refractivity contribution in [1.29, 1.82) is 5.41 Å². The van der Waals surface area contributed by atoms with Gasteiger partial charge in [-0.05, 0) is 57.9 Å². The van der Waals surface area contributed by atoms with Crippen LogP contribution in [0.1, 0.15) is 45.4 Å². The molecule has 0 aromatic carbocycles. The van der Waals surface area contributed by atoms with Crippen molar-refractivity contribution in [3.05, 3.63) is 65.0 Å². The van der Waals surface area contributed by atoms with Crippen molar-refractivity contribution in [3.8, 4) is 11.8 Å². The molecule has 3 N–H and O–H groups in total. The van der Waals surface area contributed by atoms with Crippen LogP contribution in [0.5, 0.6) is 0 Å². The number of allylic oxidation sites excluding steroid dienone is 5. The number of rotatable bonds is 6. The Morgan fingerprint density at radius 1 is 1.42 bits per heavy atom. The third kappa shape index (κ3) is 5.40. The molecule has 0 amide bonds. The summed E-state index contributed by atoms with van der Waals surface area (Å²) in [4.78, 5) is 4.23. The molecule has 1 aromatic heterocycles. The number of aliphatic hydroxyl groups is 1. The van der Waals surface area contributed by atoms with Crippen molar-refractivity contribution in [2.45, 2.75) is 39.7 Å². The highest BCUT2D eigenvalue weighted by molar-refractivity contribution is 5.99. The fraction of sp³-hybridized carbons (Fsp3) is 0.333. The summed E-state index contributed by atoms with van der Waals surface area (Å²) in [7, 11) is 0. The van der Waals surface area contributed by atoms with Crippen molar-refractivity contribution in [2.24, 2.45) is 5.92 Å². The summed E-state index contributed by atoms with van der Waals surface area (Å²) in [5, 5.41) is 21.2. The molecule has 0 spiro atoms. The van der Waals surface area contributed by atoms with Crippen molar-refractivity contribution in [3.63, 3.8) is 0 Å². The largest absolute Gasteiger partial charge is 0.384 e. The van der Waals surface area contributed by atoms with E-state index >= 15 is 0 Å². The minimum absolute atomic E-state index is 0.251. The van der Waals surface area contributed by atoms with Crippen molar-refractivity contribution >= 4 is 5.71 Å². The van der Waals surface area contributed by atoms with Crippen LogP contribution < -0.4 is 5.32 Å². The maximum Gasteiger partial charge on any atom is 0.115 e. The van der Waals surface area contributed by atoms with Crippen molar-refractivity contribution in [2.75, 3.05) is 0 Å². The van der Waals surface area contributed by atoms with Crippen molar-refractivity contribution in [1.82, 2.24) is 10.3 Å². The number of pyridine rings is 1. The molecule has 5 heteroatoms. The molecule has 0 bridgehead atoms. The van der Waals surface area contributed by atoms with Gasteiger partial charge in [0, 0.05) is 30.1 Å². The molecule has 1 unspecified atom stereocenters. The molecule has 1 aliphatic rings. The smallest absolute Gasteiger partial charge is 0.115 e. The number of halogens is 1. The van der Waals surface area contributed by atoms with Crippen molar-refractivity contribution < 1.29 is 9.50 Å². The third-order valence-corrected chi connectivity index (χ3v) is 3.91. The van der Waals surface area contributed by atoms with Gasteiger partial charge < -0.3 is 15.8 Å². The Bertz CT molecular complexity index is 831. The summed E-state index contributed by atoms with van der Waals surface area (Å²) in [5.41, 5.74) is 2.25. The molecule has 0 saturated carbocycles. The molecule has 0 aliphatic heterocycles. The predicted molar refractivity (Wildman–Crippen MR) is 102 cm³/mol. The minimum atomic E-state index is -1.00. The lowest BCUT2D eigenvalue weighted by Crippen LogP contribution is -2.17. The summed E-state index contributed by atoms with van der Waals surface area (Å²) in [6, 6.07) is 3.52. The summed E-state index contributed by atoms with van der Waals surface area (Å²) in [6.45, 7) is 6.97. The van der Waals surface area contributed by atoms with Gasteiger partial charge in [-0.3, -0.25) is 4.98 Å². The lowest BCUT2D eigenvalue weighted by molar-refractivity contribution is 0.0738. The van der Waals surface area contributed by atoms with E-state index in [1.165, 1.54) is 6.08 Å². The zero-order valence-electron chi connectivity index (χ0n) is 15.5. The van der Waals surface area contributed by atoms with Crippen LogP contribution in [0.3, 0.4) is 0 Å². The van der Waals surface area contributed by atoms with Crippen LogP contribution in [0.25, 0.3) is 0 Å². The van der Waals surface area contributed by atoms with Gasteiger partial charge in [-0.1, -0.05) is 11.5 Å². The maximum absolute atomic E-state index is 13.5. The average Bonchev–Trinajstić information content (AvgIpc) is 2.74. The van der Waals surface area contributed by atoms with Crippen LogP contribution >= 0.6 is 0 Å². The molecule has 1 aromatic rings. The third-order valence-electron chi connectivity index (χ3n) is 3.91. The molecule has 0 fully saturated rings. The highest BCUT2D eigenvalue weighted by Gasteiger charge is 2.17. The molecule has 1 aliphatic carbocycles. The number of nitrogens with one attached hydrogen (secondary N) is 2. The van der Waals surface area contributed by atoms with Gasteiger partial charge in [0.25, 0.3) is 0 Å². The lowest BCUT2D eigenvalue weighted by atomic mass is 10.0. The zero-order valence-corrected chi connectivity index (χ0v) is 15.5. The number of aromatic nitrogens is 1. The van der Waals surface area contributed by atoms with E-state index in [4.69, 9.17) is 5.41 Å². The highest BCUT2D eigenvalue weighted by Crippen LogP contribution is 2.18. The standard InChI is InChI=1S/C21H24FN3O/c1-14(12-24-17-7-5-15(2)18(22)9-8-17)11-19(23)16-6-10-20(25-13-16)21(3,4)26/h6,8-10,12-13,15,23-24,26H,11H2,1-4H3/b14-12-,23-19?. The molecule has 2 rings (SSSR count). The number of hydrogen-bond donors (Lipinski definition) is 3. The van der Waals surface area contributed by atoms with Gasteiger partial charge in [0.1, 0.15) is 11.4 Å². The van der Waals surface area contributed by atoms with Gasteiger partial charge in [-0.15, -0.1) is 0 Å². The summed E-state index contributed by atoms with van der Waals surface area (Å²) < 4.78 is 13.5. The van der Waals surface area contributed by atoms with E-state index in [2.05, 4.69) is 22.1 Å². The number of hydrogen-bond acceptors (Lipinski definition) is 4. The van der Waals surface area contributed by atoms with Crippen LogP contribution in [0.15, 0.2) is 53.8 Å². The van der Waals surface area contributed by atoms with Crippen LogP contribution in [0, 0.1) is 23.2 Å². The average molecular weight is 353 g/mol. The Morgan fingerprint density at radius 3 is 2.77 bits per heavy atom. The predicted octanol–water partition coefficient (Wildman–Crippen LogP) is 3.95. The first-order valence-corrected chi connectivity index (χ1v) is 8.44. The van der Waals surface area contributed by atoms with E-state index in [9.17, 15) is 9.50 Å². The molecular formula is C21H24FN3O. The number of nitrogens with zero attached hydrogens (tertiary/aromatic N) is 1. The monoisotopic (exact) mass is 353 g/mol. The Balaban J connectivity index is 1.99. The van der Waals surface area contributed by atoms with Gasteiger partial charge in [0.2, 0.25) is 0 Å². The second kappa shape index (κ2) is 8.11. The van der Waals surface area contributed by atoms with Gasteiger partial charge >= 0.3 is 0 Å². The molecule has 1 heterocycles. The lowest BCUT2D eigenvalue weighted by Gasteiger charge is -2.16. The molecule has 136 valence electrons.